The lowest BCUT2D eigenvalue weighted by Crippen LogP contribution is -2.55. The lowest BCUT2D eigenvalue weighted by atomic mass is 9.98. The molecule has 3 amide bonds. The number of amides is 3. The van der Waals surface area contributed by atoms with Gasteiger partial charge < -0.3 is 20.3 Å². The highest BCUT2D eigenvalue weighted by Gasteiger charge is 2.36. The van der Waals surface area contributed by atoms with E-state index >= 15 is 0 Å². The van der Waals surface area contributed by atoms with Gasteiger partial charge >= 0.3 is 6.09 Å². The normalized spacial score (nSPS) is 12.8. The zero-order valence-electron chi connectivity index (χ0n) is 21.3. The van der Waals surface area contributed by atoms with Crippen LogP contribution in [0.25, 0.3) is 0 Å². The number of carbonyl (C=O) groups excluding carboxylic acids is 3. The van der Waals surface area contributed by atoms with E-state index in [1.54, 1.807) is 51.1 Å². The van der Waals surface area contributed by atoms with Gasteiger partial charge in [-0.05, 0) is 50.8 Å². The standard InChI is InChI=1S/C27H39N3O4/c1-9-12-17-28-24(31)23(21-15-13-20(11-3)14-16-21)30(18-10-2)25(32)22(19(4)5)29-26(33)34-27(6,7)8/h3,10,13-16,19,22-23H,2,9,12,17-18H2,1,4-8H3,(H,28,31)(H,29,33). The summed E-state index contributed by atoms with van der Waals surface area (Å²) < 4.78 is 5.35. The van der Waals surface area contributed by atoms with Crippen LogP contribution >= 0.6 is 0 Å². The van der Waals surface area contributed by atoms with Crippen LogP contribution in [0.3, 0.4) is 0 Å². The van der Waals surface area contributed by atoms with Crippen LogP contribution in [0, 0.1) is 18.3 Å². The molecule has 0 saturated heterocycles. The van der Waals surface area contributed by atoms with Crippen molar-refractivity contribution < 1.29 is 19.1 Å². The summed E-state index contributed by atoms with van der Waals surface area (Å²) in [4.78, 5) is 40.9. The third-order valence-electron chi connectivity index (χ3n) is 5.00. The van der Waals surface area contributed by atoms with Crippen molar-refractivity contribution in [2.24, 2.45) is 5.92 Å². The van der Waals surface area contributed by atoms with E-state index in [9.17, 15) is 14.4 Å². The van der Waals surface area contributed by atoms with Crippen molar-refractivity contribution in [3.8, 4) is 12.3 Å². The van der Waals surface area contributed by atoms with Crippen molar-refractivity contribution >= 4 is 17.9 Å². The van der Waals surface area contributed by atoms with E-state index in [0.717, 1.165) is 12.8 Å². The summed E-state index contributed by atoms with van der Waals surface area (Å²) in [5.74, 6) is 1.59. The van der Waals surface area contributed by atoms with Crippen LogP contribution in [-0.2, 0) is 14.3 Å². The summed E-state index contributed by atoms with van der Waals surface area (Å²) in [6, 6.07) is 5.14. The zero-order valence-corrected chi connectivity index (χ0v) is 21.3. The summed E-state index contributed by atoms with van der Waals surface area (Å²) in [5.41, 5.74) is 0.570. The molecule has 0 aromatic heterocycles. The zero-order chi connectivity index (χ0) is 25.9. The monoisotopic (exact) mass is 469 g/mol. The van der Waals surface area contributed by atoms with E-state index in [2.05, 4.69) is 23.1 Å². The number of unbranched alkanes of at least 4 members (excludes halogenated alkanes) is 1. The molecule has 7 heteroatoms. The Hall–Kier alpha value is -3.27. The molecule has 2 atom stereocenters. The summed E-state index contributed by atoms with van der Waals surface area (Å²) in [7, 11) is 0. The predicted octanol–water partition coefficient (Wildman–Crippen LogP) is 4.19. The van der Waals surface area contributed by atoms with Crippen LogP contribution in [-0.4, -0.2) is 47.5 Å². The highest BCUT2D eigenvalue weighted by atomic mass is 16.6. The van der Waals surface area contributed by atoms with Crippen LogP contribution in [0.5, 0.6) is 0 Å². The second-order valence-corrected chi connectivity index (χ2v) is 9.46. The topological polar surface area (TPSA) is 87.7 Å². The van der Waals surface area contributed by atoms with Crippen LogP contribution < -0.4 is 10.6 Å². The maximum atomic E-state index is 13.7. The third kappa shape index (κ3) is 8.93. The molecule has 1 rings (SSSR count). The first-order chi connectivity index (χ1) is 15.9. The number of hydrogen-bond donors (Lipinski definition) is 2. The van der Waals surface area contributed by atoms with Gasteiger partial charge in [0.15, 0.2) is 0 Å². The number of alkyl carbamates (subject to hydrolysis) is 1. The lowest BCUT2D eigenvalue weighted by molar-refractivity contribution is -0.142. The van der Waals surface area contributed by atoms with Crippen LogP contribution in [0.15, 0.2) is 36.9 Å². The van der Waals surface area contributed by atoms with Crippen LogP contribution in [0.1, 0.15) is 71.6 Å². The second-order valence-electron chi connectivity index (χ2n) is 9.46. The fourth-order valence-electron chi connectivity index (χ4n) is 3.31. The Labute approximate surface area is 204 Å². The van der Waals surface area contributed by atoms with Gasteiger partial charge in [-0.25, -0.2) is 4.79 Å². The van der Waals surface area contributed by atoms with E-state index in [4.69, 9.17) is 11.2 Å². The molecule has 0 bridgehead atoms. The summed E-state index contributed by atoms with van der Waals surface area (Å²) >= 11 is 0. The highest BCUT2D eigenvalue weighted by Crippen LogP contribution is 2.24. The first-order valence-electron chi connectivity index (χ1n) is 11.7. The van der Waals surface area contributed by atoms with E-state index in [0.29, 0.717) is 17.7 Å². The Morgan fingerprint density at radius 1 is 1.21 bits per heavy atom. The first-order valence-corrected chi connectivity index (χ1v) is 11.7. The maximum Gasteiger partial charge on any atom is 0.408 e. The molecule has 0 aliphatic heterocycles. The van der Waals surface area contributed by atoms with Gasteiger partial charge in [-0.1, -0.05) is 51.3 Å². The highest BCUT2D eigenvalue weighted by molar-refractivity contribution is 5.92. The van der Waals surface area contributed by atoms with Crippen molar-refractivity contribution in [1.82, 2.24) is 15.5 Å². The number of rotatable bonds is 11. The molecule has 34 heavy (non-hydrogen) atoms. The molecule has 7 nitrogen and oxygen atoms in total. The number of ether oxygens (including phenoxy) is 1. The van der Waals surface area contributed by atoms with Gasteiger partial charge in [-0.15, -0.1) is 13.0 Å². The lowest BCUT2D eigenvalue weighted by Gasteiger charge is -2.35. The molecular weight excluding hydrogens is 430 g/mol. The van der Waals surface area contributed by atoms with Crippen molar-refractivity contribution in [3.05, 3.63) is 48.0 Å². The molecular formula is C27H39N3O4. The van der Waals surface area contributed by atoms with Crippen molar-refractivity contribution in [3.63, 3.8) is 0 Å². The molecule has 0 aliphatic carbocycles. The van der Waals surface area contributed by atoms with Gasteiger partial charge in [-0.3, -0.25) is 9.59 Å². The molecule has 0 heterocycles. The minimum absolute atomic E-state index is 0.112. The van der Waals surface area contributed by atoms with E-state index in [-0.39, 0.29) is 18.4 Å². The number of hydrogen-bond acceptors (Lipinski definition) is 4. The van der Waals surface area contributed by atoms with E-state index < -0.39 is 29.7 Å². The minimum atomic E-state index is -0.920. The van der Waals surface area contributed by atoms with Gasteiger partial charge in [-0.2, -0.15) is 0 Å². The molecule has 0 fully saturated rings. The second kappa shape index (κ2) is 13.4. The van der Waals surface area contributed by atoms with Gasteiger partial charge in [0.1, 0.15) is 17.7 Å². The van der Waals surface area contributed by atoms with Crippen molar-refractivity contribution in [1.29, 1.82) is 0 Å². The summed E-state index contributed by atoms with van der Waals surface area (Å²) in [5, 5.41) is 5.61. The Morgan fingerprint density at radius 2 is 1.82 bits per heavy atom. The average Bonchev–Trinajstić information content (AvgIpc) is 2.76. The van der Waals surface area contributed by atoms with Crippen LogP contribution in [0.2, 0.25) is 0 Å². The van der Waals surface area contributed by atoms with Gasteiger partial charge in [0.2, 0.25) is 11.8 Å². The Balaban J connectivity index is 3.38. The van der Waals surface area contributed by atoms with Crippen molar-refractivity contribution in [2.45, 2.75) is 72.1 Å². The quantitative estimate of drug-likeness (QED) is 0.289. The molecule has 0 spiro atoms. The van der Waals surface area contributed by atoms with Crippen molar-refractivity contribution in [2.75, 3.05) is 13.1 Å². The largest absolute Gasteiger partial charge is 0.444 e. The SMILES string of the molecule is C#Cc1ccc(C(C(=O)NCCCC)N(CC=C)C(=O)C(NC(=O)OC(C)(C)C)C(C)C)cc1. The van der Waals surface area contributed by atoms with Gasteiger partial charge in [0.05, 0.1) is 0 Å². The Bertz CT molecular complexity index is 879. The number of nitrogens with one attached hydrogen (secondary N) is 2. The molecule has 0 radical (unpaired) electrons. The molecule has 186 valence electrons. The molecule has 0 aliphatic rings. The number of benzene rings is 1. The Kier molecular flexibility index (Phi) is 11.4. The molecule has 2 unspecified atom stereocenters. The molecule has 2 N–H and O–H groups in total. The van der Waals surface area contributed by atoms with Crippen LogP contribution in [0.4, 0.5) is 4.79 Å². The molecule has 1 aromatic rings. The molecule has 1 aromatic carbocycles. The number of carbonyl (C=O) groups is 3. The van der Waals surface area contributed by atoms with Gasteiger partial charge in [0, 0.05) is 18.7 Å². The maximum absolute atomic E-state index is 13.7. The average molecular weight is 470 g/mol. The fraction of sp³-hybridized carbons (Fsp3) is 0.519. The van der Waals surface area contributed by atoms with Gasteiger partial charge in [0.25, 0.3) is 0 Å². The predicted molar refractivity (Wildman–Crippen MR) is 135 cm³/mol. The summed E-state index contributed by atoms with van der Waals surface area (Å²) in [6.07, 6.45) is 8.08. The minimum Gasteiger partial charge on any atom is -0.444 e. The number of terminal acetylenes is 1. The first kappa shape index (κ1) is 28.8. The summed E-state index contributed by atoms with van der Waals surface area (Å²) in [6.45, 7) is 15.3. The van der Waals surface area contributed by atoms with E-state index in [1.165, 1.54) is 4.90 Å². The third-order valence-corrected chi connectivity index (χ3v) is 5.00. The van der Waals surface area contributed by atoms with E-state index in [1.807, 2.05) is 20.8 Å². The smallest absolute Gasteiger partial charge is 0.408 e. The fourth-order valence-corrected chi connectivity index (χ4v) is 3.31. The number of nitrogens with zero attached hydrogens (tertiary/aromatic N) is 1. The molecule has 0 saturated carbocycles. The Morgan fingerprint density at radius 3 is 2.29 bits per heavy atom.